The van der Waals surface area contributed by atoms with Gasteiger partial charge in [0.15, 0.2) is 23.0 Å². The minimum absolute atomic E-state index is 0.565. The average Bonchev–Trinajstić information content (AvgIpc) is 3.77. The molecule has 0 saturated carbocycles. The van der Waals surface area contributed by atoms with E-state index in [2.05, 4.69) is 211 Å². The lowest BCUT2D eigenvalue weighted by Gasteiger charge is -2.35. The molecule has 58 heavy (non-hydrogen) atoms. The van der Waals surface area contributed by atoms with Crippen LogP contribution < -0.4 is 14.4 Å². The SMILES string of the molecule is c1ccc(-c2ccc(N(c3ccccc3-c3ccccc3)c3cccc4c3Oc3ccc5c(c3O4)C3(c4ccccc4-c4ccccc43)c3ccccc3-5)cc2)cc1. The number of para-hydroxylation sites is 2. The molecule has 12 rings (SSSR count). The molecule has 272 valence electrons. The van der Waals surface area contributed by atoms with Crippen molar-refractivity contribution in [3.05, 3.63) is 235 Å². The minimum atomic E-state index is -0.565. The Morgan fingerprint density at radius 2 is 0.793 bits per heavy atom. The van der Waals surface area contributed by atoms with Crippen LogP contribution in [0.15, 0.2) is 212 Å². The van der Waals surface area contributed by atoms with E-state index in [1.165, 1.54) is 44.5 Å². The summed E-state index contributed by atoms with van der Waals surface area (Å²) in [6, 6.07) is 75.6. The van der Waals surface area contributed by atoms with Gasteiger partial charge in [-0.05, 0) is 92.0 Å². The molecule has 0 aromatic heterocycles. The van der Waals surface area contributed by atoms with Gasteiger partial charge in [-0.15, -0.1) is 0 Å². The molecule has 0 unspecified atom stereocenters. The average molecular weight is 742 g/mol. The van der Waals surface area contributed by atoms with E-state index in [1.807, 2.05) is 6.07 Å². The third-order valence-corrected chi connectivity index (χ3v) is 12.2. The maximum absolute atomic E-state index is 7.27. The Morgan fingerprint density at radius 1 is 0.310 bits per heavy atom. The summed E-state index contributed by atoms with van der Waals surface area (Å²) in [6.07, 6.45) is 0. The van der Waals surface area contributed by atoms with E-state index in [9.17, 15) is 0 Å². The quantitative estimate of drug-likeness (QED) is 0.175. The van der Waals surface area contributed by atoms with Crippen LogP contribution in [-0.2, 0) is 5.41 Å². The Balaban J connectivity index is 1.05. The molecule has 3 nitrogen and oxygen atoms in total. The molecule has 2 aliphatic carbocycles. The normalized spacial score (nSPS) is 13.2. The molecule has 0 radical (unpaired) electrons. The highest BCUT2D eigenvalue weighted by molar-refractivity contribution is 5.98. The third-order valence-electron chi connectivity index (χ3n) is 12.2. The van der Waals surface area contributed by atoms with Gasteiger partial charge in [0, 0.05) is 16.8 Å². The third kappa shape index (κ3) is 4.62. The standard InChI is InChI=1S/C55H35NO2/c1-3-16-36(17-4-1)37-30-32-39(33-31-37)56(48-27-14-10-20-40(48)38-18-5-2-6-19-38)49-28-15-29-50-53(49)57-51-35-34-44-43-23-9-13-26-47(43)55(52(44)54(51)58-50)45-24-11-7-21-41(45)42-22-8-12-25-46(42)55/h1-35H. The summed E-state index contributed by atoms with van der Waals surface area (Å²) in [7, 11) is 0. The van der Waals surface area contributed by atoms with E-state index in [1.54, 1.807) is 0 Å². The van der Waals surface area contributed by atoms with Crippen LogP contribution in [0, 0.1) is 0 Å². The molecular formula is C55H35NO2. The first-order valence-corrected chi connectivity index (χ1v) is 19.8. The van der Waals surface area contributed by atoms with Crippen molar-refractivity contribution in [1.29, 1.82) is 0 Å². The number of hydrogen-bond acceptors (Lipinski definition) is 3. The molecule has 0 N–H and O–H groups in total. The summed E-state index contributed by atoms with van der Waals surface area (Å²) < 4.78 is 14.5. The number of ether oxygens (including phenoxy) is 2. The fraction of sp³-hybridized carbons (Fsp3) is 0.0182. The Bertz CT molecular complexity index is 3000. The second-order valence-corrected chi connectivity index (χ2v) is 15.1. The molecule has 1 spiro atoms. The molecule has 0 fully saturated rings. The Hall–Kier alpha value is -7.62. The van der Waals surface area contributed by atoms with E-state index < -0.39 is 5.41 Å². The number of anilines is 3. The van der Waals surface area contributed by atoms with Crippen molar-refractivity contribution in [2.45, 2.75) is 5.41 Å². The Morgan fingerprint density at radius 3 is 1.45 bits per heavy atom. The van der Waals surface area contributed by atoms with Gasteiger partial charge in [0.05, 0.1) is 16.8 Å². The summed E-state index contributed by atoms with van der Waals surface area (Å²) >= 11 is 0. The van der Waals surface area contributed by atoms with Crippen LogP contribution in [-0.4, -0.2) is 0 Å². The number of hydrogen-bond donors (Lipinski definition) is 0. The molecule has 0 amide bonds. The predicted octanol–water partition coefficient (Wildman–Crippen LogP) is 14.7. The van der Waals surface area contributed by atoms with E-state index in [0.717, 1.165) is 45.1 Å². The van der Waals surface area contributed by atoms with Crippen molar-refractivity contribution in [1.82, 2.24) is 0 Å². The van der Waals surface area contributed by atoms with E-state index >= 15 is 0 Å². The largest absolute Gasteiger partial charge is 0.449 e. The van der Waals surface area contributed by atoms with Crippen molar-refractivity contribution in [2.24, 2.45) is 0 Å². The van der Waals surface area contributed by atoms with Crippen molar-refractivity contribution in [2.75, 3.05) is 4.90 Å². The van der Waals surface area contributed by atoms with Crippen LogP contribution in [0.1, 0.15) is 22.3 Å². The van der Waals surface area contributed by atoms with Gasteiger partial charge in [0.25, 0.3) is 0 Å². The second kappa shape index (κ2) is 12.7. The summed E-state index contributed by atoms with van der Waals surface area (Å²) in [4.78, 5) is 2.30. The number of fused-ring (bicyclic) bond motifs is 13. The van der Waals surface area contributed by atoms with E-state index in [0.29, 0.717) is 17.2 Å². The number of nitrogens with zero attached hydrogens (tertiary/aromatic N) is 1. The van der Waals surface area contributed by atoms with Crippen LogP contribution in [0.5, 0.6) is 23.0 Å². The summed E-state index contributed by atoms with van der Waals surface area (Å²) in [5.74, 6) is 2.80. The minimum Gasteiger partial charge on any atom is -0.449 e. The molecule has 3 aliphatic rings. The zero-order chi connectivity index (χ0) is 38.2. The highest BCUT2D eigenvalue weighted by Crippen LogP contribution is 2.67. The van der Waals surface area contributed by atoms with Crippen molar-refractivity contribution in [3.63, 3.8) is 0 Å². The van der Waals surface area contributed by atoms with Gasteiger partial charge in [0.1, 0.15) is 0 Å². The van der Waals surface area contributed by atoms with Gasteiger partial charge < -0.3 is 14.4 Å². The molecule has 0 saturated heterocycles. The molecule has 3 heteroatoms. The summed E-state index contributed by atoms with van der Waals surface area (Å²) in [5.41, 5.74) is 16.8. The first-order valence-electron chi connectivity index (χ1n) is 19.8. The first kappa shape index (κ1) is 32.6. The van der Waals surface area contributed by atoms with Gasteiger partial charge in [-0.25, -0.2) is 0 Å². The maximum Gasteiger partial charge on any atom is 0.194 e. The van der Waals surface area contributed by atoms with E-state index in [-0.39, 0.29) is 0 Å². The zero-order valence-electron chi connectivity index (χ0n) is 31.5. The second-order valence-electron chi connectivity index (χ2n) is 15.1. The topological polar surface area (TPSA) is 21.7 Å². The lowest BCUT2D eigenvalue weighted by Crippen LogP contribution is -2.27. The summed E-state index contributed by atoms with van der Waals surface area (Å²) in [6.45, 7) is 0. The molecule has 1 heterocycles. The fourth-order valence-electron chi connectivity index (χ4n) is 9.77. The monoisotopic (exact) mass is 741 g/mol. The van der Waals surface area contributed by atoms with E-state index in [4.69, 9.17) is 9.47 Å². The van der Waals surface area contributed by atoms with Crippen LogP contribution in [0.4, 0.5) is 17.1 Å². The predicted molar refractivity (Wildman–Crippen MR) is 235 cm³/mol. The van der Waals surface area contributed by atoms with Crippen LogP contribution >= 0.6 is 0 Å². The van der Waals surface area contributed by atoms with Crippen LogP contribution in [0.25, 0.3) is 44.5 Å². The zero-order valence-corrected chi connectivity index (χ0v) is 31.5. The molecule has 9 aromatic rings. The highest BCUT2D eigenvalue weighted by atomic mass is 16.6. The van der Waals surface area contributed by atoms with Gasteiger partial charge >= 0.3 is 0 Å². The van der Waals surface area contributed by atoms with Gasteiger partial charge in [-0.1, -0.05) is 176 Å². The molecule has 0 atom stereocenters. The molecule has 1 aliphatic heterocycles. The van der Waals surface area contributed by atoms with Crippen LogP contribution in [0.3, 0.4) is 0 Å². The smallest absolute Gasteiger partial charge is 0.194 e. The van der Waals surface area contributed by atoms with Crippen LogP contribution in [0.2, 0.25) is 0 Å². The molecular weight excluding hydrogens is 707 g/mol. The molecule has 0 bridgehead atoms. The van der Waals surface area contributed by atoms with Gasteiger partial charge in [-0.3, -0.25) is 0 Å². The molecule has 9 aromatic carbocycles. The fourth-order valence-corrected chi connectivity index (χ4v) is 9.77. The van der Waals surface area contributed by atoms with Crippen molar-refractivity contribution in [3.8, 4) is 67.5 Å². The Kier molecular flexibility index (Phi) is 7.14. The lowest BCUT2D eigenvalue weighted by molar-refractivity contribution is 0.355. The maximum atomic E-state index is 7.27. The van der Waals surface area contributed by atoms with Gasteiger partial charge in [-0.2, -0.15) is 0 Å². The number of rotatable bonds is 5. The summed E-state index contributed by atoms with van der Waals surface area (Å²) in [5, 5.41) is 0. The van der Waals surface area contributed by atoms with Crippen molar-refractivity contribution < 1.29 is 9.47 Å². The Labute approximate surface area is 337 Å². The van der Waals surface area contributed by atoms with Crippen molar-refractivity contribution >= 4 is 17.1 Å². The highest BCUT2D eigenvalue weighted by Gasteiger charge is 2.54. The lowest BCUT2D eigenvalue weighted by atomic mass is 9.70. The number of benzene rings is 9. The van der Waals surface area contributed by atoms with Gasteiger partial charge in [0.2, 0.25) is 0 Å². The first-order chi connectivity index (χ1) is 28.8.